The van der Waals surface area contributed by atoms with Crippen LogP contribution in [0.2, 0.25) is 0 Å². The Labute approximate surface area is 200 Å². The number of hydrogen-bond acceptors (Lipinski definition) is 6. The molecule has 2 aromatic carbocycles. The average Bonchev–Trinajstić information content (AvgIpc) is 2.97. The number of rotatable bonds is 6. The molecule has 1 amide bonds. The molecule has 0 spiro atoms. The van der Waals surface area contributed by atoms with Crippen molar-refractivity contribution in [1.82, 2.24) is 0 Å². The number of carbonyl (C=O) groups excluding carboxylic acids is 1. The molecule has 3 unspecified atom stereocenters. The summed E-state index contributed by atoms with van der Waals surface area (Å²) < 4.78 is 68.0. The lowest BCUT2D eigenvalue weighted by Crippen LogP contribution is -2.58. The third-order valence-corrected chi connectivity index (χ3v) is 9.50. The zero-order valence-corrected chi connectivity index (χ0v) is 19.6. The highest BCUT2D eigenvalue weighted by atomic mass is 32.2. The molecule has 2 aliphatic carbocycles. The van der Waals surface area contributed by atoms with Crippen molar-refractivity contribution in [3.05, 3.63) is 59.4 Å². The van der Waals surface area contributed by atoms with Gasteiger partial charge >= 0.3 is 0 Å². The monoisotopic (exact) mass is 513 g/mol. The number of fused-ring (bicyclic) bond motifs is 2. The van der Waals surface area contributed by atoms with Crippen molar-refractivity contribution in [2.45, 2.75) is 60.6 Å². The number of halogens is 3. The summed E-state index contributed by atoms with van der Waals surface area (Å²) in [6, 6.07) is 5.52. The van der Waals surface area contributed by atoms with Crippen molar-refractivity contribution in [2.24, 2.45) is 11.8 Å². The van der Waals surface area contributed by atoms with E-state index in [4.69, 9.17) is 0 Å². The Morgan fingerprint density at radius 1 is 1.00 bits per heavy atom. The van der Waals surface area contributed by atoms with Gasteiger partial charge in [-0.3, -0.25) is 4.79 Å². The van der Waals surface area contributed by atoms with E-state index in [1.54, 1.807) is 0 Å². The molecular weight excluding hydrogens is 487 g/mol. The Bertz CT molecular complexity index is 1240. The number of benzene rings is 2. The first-order valence-corrected chi connectivity index (χ1v) is 12.8. The lowest BCUT2D eigenvalue weighted by Gasteiger charge is -2.46. The van der Waals surface area contributed by atoms with Crippen molar-refractivity contribution in [3.63, 3.8) is 0 Å². The molecule has 0 saturated heterocycles. The number of anilines is 1. The normalized spacial score (nSPS) is 27.9. The van der Waals surface area contributed by atoms with Crippen molar-refractivity contribution >= 4 is 21.4 Å². The van der Waals surface area contributed by atoms with Crippen LogP contribution in [0, 0.1) is 29.3 Å². The highest BCUT2D eigenvalue weighted by molar-refractivity contribution is 7.92. The van der Waals surface area contributed by atoms with E-state index in [1.807, 2.05) is 0 Å². The van der Waals surface area contributed by atoms with Crippen molar-refractivity contribution in [3.8, 4) is 0 Å². The molecule has 0 heterocycles. The summed E-state index contributed by atoms with van der Waals surface area (Å²) in [7, 11) is -4.28. The van der Waals surface area contributed by atoms with E-state index in [0.717, 1.165) is 36.4 Å². The van der Waals surface area contributed by atoms with Gasteiger partial charge < -0.3 is 20.6 Å². The highest BCUT2D eigenvalue weighted by Crippen LogP contribution is 2.53. The van der Waals surface area contributed by atoms with Crippen LogP contribution in [-0.4, -0.2) is 52.7 Å². The standard InChI is InChI=1S/C24H26F3NO6S/c1-12(29)22(30)24(32)14-3-4-15(24)10-17(9-14)35(33,34)21-8-13(2-6-19(21)26)23(31)28-16-5-7-18(25)20(27)11-16/h2,5-8,11-12,14-15,17,22,29-30,32H,3-4,9-10H2,1H3,(H,28,31)/t12-,14-,15?,17?,22+,24?/m0/s1. The van der Waals surface area contributed by atoms with Crippen molar-refractivity contribution in [1.29, 1.82) is 0 Å². The molecule has 7 nitrogen and oxygen atoms in total. The lowest BCUT2D eigenvalue weighted by molar-refractivity contribution is -0.172. The smallest absolute Gasteiger partial charge is 0.255 e. The predicted molar refractivity (Wildman–Crippen MR) is 120 cm³/mol. The largest absolute Gasteiger partial charge is 0.391 e. The van der Waals surface area contributed by atoms with Gasteiger partial charge in [-0.25, -0.2) is 21.6 Å². The summed E-state index contributed by atoms with van der Waals surface area (Å²) >= 11 is 0. The second-order valence-corrected chi connectivity index (χ2v) is 11.6. The van der Waals surface area contributed by atoms with E-state index in [2.05, 4.69) is 5.32 Å². The fourth-order valence-electron chi connectivity index (χ4n) is 5.48. The van der Waals surface area contributed by atoms with Crippen LogP contribution < -0.4 is 5.32 Å². The molecule has 2 aromatic rings. The first kappa shape index (κ1) is 25.6. The average molecular weight is 514 g/mol. The Morgan fingerprint density at radius 3 is 2.17 bits per heavy atom. The molecule has 4 N–H and O–H groups in total. The summed E-state index contributed by atoms with van der Waals surface area (Å²) in [6.07, 6.45) is -1.82. The Hall–Kier alpha value is -2.47. The summed E-state index contributed by atoms with van der Waals surface area (Å²) in [5, 5.41) is 32.6. The second kappa shape index (κ2) is 9.20. The summed E-state index contributed by atoms with van der Waals surface area (Å²) in [6.45, 7) is 1.34. The summed E-state index contributed by atoms with van der Waals surface area (Å²) in [4.78, 5) is 11.9. The van der Waals surface area contributed by atoms with E-state index < -0.39 is 73.0 Å². The van der Waals surface area contributed by atoms with Gasteiger partial charge in [0, 0.05) is 17.3 Å². The highest BCUT2D eigenvalue weighted by Gasteiger charge is 2.59. The third kappa shape index (κ3) is 4.46. The lowest BCUT2D eigenvalue weighted by atomic mass is 9.70. The summed E-state index contributed by atoms with van der Waals surface area (Å²) in [5.41, 5.74) is -1.90. The van der Waals surface area contributed by atoms with Gasteiger partial charge in [0.15, 0.2) is 21.5 Å². The number of aliphatic hydroxyl groups excluding tert-OH is 2. The van der Waals surface area contributed by atoms with E-state index in [-0.39, 0.29) is 24.1 Å². The van der Waals surface area contributed by atoms with E-state index in [9.17, 15) is 41.7 Å². The minimum atomic E-state index is -4.28. The number of sulfone groups is 1. The Morgan fingerprint density at radius 2 is 1.60 bits per heavy atom. The van der Waals surface area contributed by atoms with Crippen molar-refractivity contribution < 1.29 is 41.7 Å². The maximum atomic E-state index is 14.7. The van der Waals surface area contributed by atoms with Crippen LogP contribution in [0.1, 0.15) is 43.0 Å². The number of hydrogen-bond donors (Lipinski definition) is 4. The fraction of sp³-hybridized carbons (Fsp3) is 0.458. The number of aliphatic hydroxyl groups is 3. The van der Waals surface area contributed by atoms with Gasteiger partial charge in [-0.05, 0) is 74.8 Å². The predicted octanol–water partition coefficient (Wildman–Crippen LogP) is 2.79. The van der Waals surface area contributed by atoms with Crippen molar-refractivity contribution in [2.75, 3.05) is 5.32 Å². The van der Waals surface area contributed by atoms with Crippen LogP contribution in [0.25, 0.3) is 0 Å². The van der Waals surface area contributed by atoms with Gasteiger partial charge in [0.2, 0.25) is 0 Å². The Balaban J connectivity index is 1.59. The number of carbonyl (C=O) groups is 1. The zero-order valence-electron chi connectivity index (χ0n) is 18.8. The molecule has 6 atom stereocenters. The number of nitrogens with one attached hydrogen (secondary N) is 1. The molecule has 0 radical (unpaired) electrons. The third-order valence-electron chi connectivity index (χ3n) is 7.31. The fourth-order valence-corrected chi connectivity index (χ4v) is 7.45. The minimum Gasteiger partial charge on any atom is -0.391 e. The molecule has 2 saturated carbocycles. The second-order valence-electron chi connectivity index (χ2n) is 9.41. The molecule has 2 aliphatic rings. The van der Waals surface area contributed by atoms with E-state index >= 15 is 0 Å². The van der Waals surface area contributed by atoms with Crippen LogP contribution in [0.4, 0.5) is 18.9 Å². The van der Waals surface area contributed by atoms with E-state index in [1.165, 1.54) is 6.92 Å². The van der Waals surface area contributed by atoms with Crippen LogP contribution in [0.15, 0.2) is 41.3 Å². The van der Waals surface area contributed by atoms with Crippen LogP contribution in [-0.2, 0) is 9.84 Å². The first-order chi connectivity index (χ1) is 16.4. The Kier molecular flexibility index (Phi) is 6.73. The molecular formula is C24H26F3NO6S. The van der Waals surface area contributed by atoms with Gasteiger partial charge in [-0.15, -0.1) is 0 Å². The maximum absolute atomic E-state index is 14.7. The minimum absolute atomic E-state index is 0.0379. The summed E-state index contributed by atoms with van der Waals surface area (Å²) in [5.74, 6) is -5.38. The molecule has 35 heavy (non-hydrogen) atoms. The number of amides is 1. The van der Waals surface area contributed by atoms with Gasteiger partial charge in [-0.2, -0.15) is 0 Å². The van der Waals surface area contributed by atoms with Gasteiger partial charge in [-0.1, -0.05) is 0 Å². The first-order valence-electron chi connectivity index (χ1n) is 11.2. The molecule has 2 bridgehead atoms. The van der Waals surface area contributed by atoms with E-state index in [0.29, 0.717) is 12.8 Å². The molecule has 11 heteroatoms. The topological polar surface area (TPSA) is 124 Å². The van der Waals surface area contributed by atoms with Gasteiger partial charge in [0.05, 0.1) is 17.0 Å². The van der Waals surface area contributed by atoms with Gasteiger partial charge in [0.1, 0.15) is 16.8 Å². The maximum Gasteiger partial charge on any atom is 0.255 e. The van der Waals surface area contributed by atoms with Crippen LogP contribution in [0.3, 0.4) is 0 Å². The zero-order chi connectivity index (χ0) is 25.7. The molecule has 0 aliphatic heterocycles. The van der Waals surface area contributed by atoms with Crippen LogP contribution >= 0.6 is 0 Å². The molecule has 4 rings (SSSR count). The molecule has 190 valence electrons. The quantitative estimate of drug-likeness (QED) is 0.471. The van der Waals surface area contributed by atoms with Crippen LogP contribution in [0.5, 0.6) is 0 Å². The van der Waals surface area contributed by atoms with Gasteiger partial charge in [0.25, 0.3) is 5.91 Å². The molecule has 2 fully saturated rings. The molecule has 0 aromatic heterocycles. The SMILES string of the molecule is C[C@H](O)[C@@H](O)C1(O)C2CC[C@H]1CC(S(=O)(=O)c1cc(C(=O)Nc3ccc(F)c(F)c3)ccc1F)C2.